The van der Waals surface area contributed by atoms with Crippen molar-refractivity contribution in [1.29, 1.82) is 0 Å². The van der Waals surface area contributed by atoms with E-state index in [2.05, 4.69) is 0 Å². The molecular formula is C4H10KO2Si+. The van der Waals surface area contributed by atoms with E-state index in [0.717, 1.165) is 13.2 Å². The SMILES string of the molecule is CCO[Si]OCC.[K+]. The molecule has 0 aromatic heterocycles. The van der Waals surface area contributed by atoms with E-state index in [1.165, 1.54) is 0 Å². The third-order valence-electron chi connectivity index (χ3n) is 0.407. The van der Waals surface area contributed by atoms with Gasteiger partial charge in [0.15, 0.2) is 0 Å². The Morgan fingerprint density at radius 1 is 1.12 bits per heavy atom. The van der Waals surface area contributed by atoms with Gasteiger partial charge in [0.25, 0.3) is 0 Å². The van der Waals surface area contributed by atoms with Crippen LogP contribution >= 0.6 is 0 Å². The molecule has 0 aromatic carbocycles. The van der Waals surface area contributed by atoms with Crippen molar-refractivity contribution in [3.05, 3.63) is 0 Å². The first-order chi connectivity index (χ1) is 3.41. The minimum atomic E-state index is 0. The van der Waals surface area contributed by atoms with Crippen LogP contribution in [0.25, 0.3) is 0 Å². The molecule has 0 fully saturated rings. The molecule has 2 radical (unpaired) electrons. The maximum atomic E-state index is 4.88. The summed E-state index contributed by atoms with van der Waals surface area (Å²) in [5.41, 5.74) is 0. The van der Waals surface area contributed by atoms with Crippen LogP contribution in [0, 0.1) is 0 Å². The van der Waals surface area contributed by atoms with Crippen molar-refractivity contribution in [2.24, 2.45) is 0 Å². The predicted octanol–water partition coefficient (Wildman–Crippen LogP) is -2.40. The number of hydrogen-bond acceptors (Lipinski definition) is 2. The zero-order valence-corrected chi connectivity index (χ0v) is 9.85. The van der Waals surface area contributed by atoms with Crippen molar-refractivity contribution in [2.75, 3.05) is 13.2 Å². The summed E-state index contributed by atoms with van der Waals surface area (Å²) in [6.45, 7) is 5.40. The van der Waals surface area contributed by atoms with Crippen LogP contribution in [-0.4, -0.2) is 23.2 Å². The van der Waals surface area contributed by atoms with Crippen molar-refractivity contribution >= 4 is 10.0 Å². The molecule has 42 valence electrons. The van der Waals surface area contributed by atoms with Crippen LogP contribution in [0.1, 0.15) is 13.8 Å². The molecule has 0 spiro atoms. The monoisotopic (exact) mass is 157 g/mol. The van der Waals surface area contributed by atoms with Crippen LogP contribution in [0.15, 0.2) is 0 Å². The summed E-state index contributed by atoms with van der Waals surface area (Å²) < 4.78 is 9.76. The minimum Gasteiger partial charge on any atom is -0.393 e. The second kappa shape index (κ2) is 11.6. The van der Waals surface area contributed by atoms with Crippen LogP contribution < -0.4 is 51.4 Å². The molecule has 0 heterocycles. The summed E-state index contributed by atoms with van der Waals surface area (Å²) >= 11 is 0. The van der Waals surface area contributed by atoms with E-state index in [1.54, 1.807) is 0 Å². The molecule has 0 N–H and O–H groups in total. The normalized spacial score (nSPS) is 8.25. The molecule has 8 heavy (non-hydrogen) atoms. The van der Waals surface area contributed by atoms with Gasteiger partial charge in [0, 0.05) is 13.2 Å². The fourth-order valence-electron chi connectivity index (χ4n) is 0.160. The predicted molar refractivity (Wildman–Crippen MR) is 29.0 cm³/mol. The van der Waals surface area contributed by atoms with E-state index < -0.39 is 0 Å². The largest absolute Gasteiger partial charge is 1.00 e. The molecule has 0 saturated carbocycles. The quantitative estimate of drug-likeness (QED) is 0.334. The summed E-state index contributed by atoms with van der Waals surface area (Å²) in [4.78, 5) is 0. The molecule has 0 saturated heterocycles. The standard InChI is InChI=1S/C4H10O2Si.K/c1-3-5-7-6-4-2;/h3-4H2,1-2H3;/q;+1. The zero-order valence-electron chi connectivity index (χ0n) is 5.73. The van der Waals surface area contributed by atoms with Gasteiger partial charge in [-0.05, 0) is 13.8 Å². The first-order valence-electron chi connectivity index (χ1n) is 2.40. The summed E-state index contributed by atoms with van der Waals surface area (Å²) in [5, 5.41) is 0. The van der Waals surface area contributed by atoms with Gasteiger partial charge in [0.05, 0.1) is 0 Å². The van der Waals surface area contributed by atoms with E-state index in [0.29, 0.717) is 0 Å². The maximum Gasteiger partial charge on any atom is 1.00 e. The maximum absolute atomic E-state index is 4.88. The molecule has 0 amide bonds. The Hall–Kier alpha value is 1.77. The molecule has 0 aromatic rings. The van der Waals surface area contributed by atoms with Gasteiger partial charge < -0.3 is 8.85 Å². The van der Waals surface area contributed by atoms with Crippen LogP contribution in [0.2, 0.25) is 0 Å². The molecule has 0 unspecified atom stereocenters. The third-order valence-corrected chi connectivity index (χ3v) is 1.22. The molecule has 4 heteroatoms. The van der Waals surface area contributed by atoms with Gasteiger partial charge in [-0.2, -0.15) is 0 Å². The van der Waals surface area contributed by atoms with Crippen LogP contribution in [0.5, 0.6) is 0 Å². The third kappa shape index (κ3) is 10.7. The van der Waals surface area contributed by atoms with Gasteiger partial charge in [0.1, 0.15) is 0 Å². The van der Waals surface area contributed by atoms with E-state index in [4.69, 9.17) is 8.85 Å². The Bertz CT molecular complexity index is 33.2. The molecule has 0 bridgehead atoms. The summed E-state index contributed by atoms with van der Waals surface area (Å²) in [6, 6.07) is 0. The van der Waals surface area contributed by atoms with Gasteiger partial charge >= 0.3 is 61.4 Å². The average Bonchev–Trinajstić information content (AvgIpc) is 1.69. The zero-order chi connectivity index (χ0) is 5.54. The Kier molecular flexibility index (Phi) is 18.0. The van der Waals surface area contributed by atoms with Gasteiger partial charge in [-0.25, -0.2) is 0 Å². The fourth-order valence-corrected chi connectivity index (χ4v) is 0.479. The molecule has 0 rings (SSSR count). The van der Waals surface area contributed by atoms with E-state index in [1.807, 2.05) is 13.8 Å². The van der Waals surface area contributed by atoms with E-state index in [9.17, 15) is 0 Å². The van der Waals surface area contributed by atoms with Gasteiger partial charge in [-0.1, -0.05) is 0 Å². The summed E-state index contributed by atoms with van der Waals surface area (Å²) in [5.74, 6) is 0. The molecule has 0 aliphatic carbocycles. The number of hydrogen-bond donors (Lipinski definition) is 0. The second-order valence-electron chi connectivity index (χ2n) is 0.949. The van der Waals surface area contributed by atoms with E-state index >= 15 is 0 Å². The van der Waals surface area contributed by atoms with Crippen molar-refractivity contribution in [3.63, 3.8) is 0 Å². The molecule has 0 aliphatic heterocycles. The Morgan fingerprint density at radius 2 is 1.50 bits per heavy atom. The average molecular weight is 157 g/mol. The first-order valence-corrected chi connectivity index (χ1v) is 3.22. The van der Waals surface area contributed by atoms with Gasteiger partial charge in [-0.3, -0.25) is 0 Å². The smallest absolute Gasteiger partial charge is 0.393 e. The van der Waals surface area contributed by atoms with Crippen molar-refractivity contribution in [3.8, 4) is 0 Å². The molecule has 2 nitrogen and oxygen atoms in total. The molecule has 0 atom stereocenters. The fraction of sp³-hybridized carbons (Fsp3) is 1.00. The minimum absolute atomic E-state index is 0. The summed E-state index contributed by atoms with van der Waals surface area (Å²) in [7, 11) is 0.232. The Labute approximate surface area is 95.8 Å². The van der Waals surface area contributed by atoms with E-state index in [-0.39, 0.29) is 61.4 Å². The van der Waals surface area contributed by atoms with Crippen LogP contribution in [-0.2, 0) is 8.85 Å². The van der Waals surface area contributed by atoms with Gasteiger partial charge in [0.2, 0.25) is 0 Å². The van der Waals surface area contributed by atoms with Gasteiger partial charge in [-0.15, -0.1) is 0 Å². The molecule has 0 aliphatic rings. The van der Waals surface area contributed by atoms with Crippen molar-refractivity contribution < 1.29 is 60.2 Å². The van der Waals surface area contributed by atoms with Crippen molar-refractivity contribution in [1.82, 2.24) is 0 Å². The number of rotatable bonds is 4. The second-order valence-corrected chi connectivity index (χ2v) is 1.69. The van der Waals surface area contributed by atoms with Crippen molar-refractivity contribution in [2.45, 2.75) is 13.8 Å². The first kappa shape index (κ1) is 12.4. The Morgan fingerprint density at radius 3 is 1.75 bits per heavy atom. The van der Waals surface area contributed by atoms with Crippen LogP contribution in [0.3, 0.4) is 0 Å². The van der Waals surface area contributed by atoms with Crippen LogP contribution in [0.4, 0.5) is 0 Å². The molecular weight excluding hydrogens is 147 g/mol. The summed E-state index contributed by atoms with van der Waals surface area (Å²) in [6.07, 6.45) is 0. The topological polar surface area (TPSA) is 18.5 Å². The Balaban J connectivity index is 0.